The first-order chi connectivity index (χ1) is 26.6. The zero-order valence-corrected chi connectivity index (χ0v) is 32.6. The van der Waals surface area contributed by atoms with Gasteiger partial charge in [0.15, 0.2) is 5.96 Å². The highest BCUT2D eigenvalue weighted by Crippen LogP contribution is 2.73. The number of allylic oxidation sites excluding steroid dienone is 2. The molecule has 4 bridgehead atoms. The van der Waals surface area contributed by atoms with Crippen molar-refractivity contribution in [2.24, 2.45) is 63.0 Å². The summed E-state index contributed by atoms with van der Waals surface area (Å²) >= 11 is 0. The Morgan fingerprint density at radius 2 is 1.78 bits per heavy atom. The molecule has 0 aliphatic heterocycles. The molecule has 8 aliphatic rings. The minimum atomic E-state index is -1.42. The normalized spacial score (nSPS) is 42.5. The van der Waals surface area contributed by atoms with Crippen molar-refractivity contribution in [3.8, 4) is 11.8 Å². The summed E-state index contributed by atoms with van der Waals surface area (Å²) in [6.07, 6.45) is 19.3. The molecule has 1 aromatic carbocycles. The molecule has 8 heteroatoms. The van der Waals surface area contributed by atoms with E-state index in [4.69, 9.17) is 5.73 Å². The van der Waals surface area contributed by atoms with Crippen molar-refractivity contribution in [2.75, 3.05) is 7.05 Å². The summed E-state index contributed by atoms with van der Waals surface area (Å²) in [6.45, 7) is 0. The molecule has 0 amide bonds. The zero-order valence-electron chi connectivity index (χ0n) is 32.6. The topological polar surface area (TPSA) is 143 Å². The van der Waals surface area contributed by atoms with E-state index in [2.05, 4.69) is 80.7 Å². The van der Waals surface area contributed by atoms with Gasteiger partial charge in [-0.25, -0.2) is 0 Å². The molecule has 292 valence electrons. The van der Waals surface area contributed by atoms with Crippen LogP contribution in [-0.4, -0.2) is 61.6 Å². The Labute approximate surface area is 326 Å². The fourth-order valence-electron chi connectivity index (χ4n) is 14.7. The lowest BCUT2D eigenvalue weighted by molar-refractivity contribution is -0.142. The Bertz CT molecular complexity index is 2000. The molecule has 6 fully saturated rings. The van der Waals surface area contributed by atoms with Crippen LogP contribution < -0.4 is 11.1 Å². The van der Waals surface area contributed by atoms with E-state index in [9.17, 15) is 15.3 Å². The number of H-pyrrole nitrogens is 2. The molecule has 8 aliphatic carbocycles. The van der Waals surface area contributed by atoms with Gasteiger partial charge in [-0.05, 0) is 141 Å². The van der Waals surface area contributed by atoms with Gasteiger partial charge in [-0.3, -0.25) is 4.99 Å². The number of fused-ring (bicyclic) bond motifs is 2. The first-order valence-electron chi connectivity index (χ1n) is 21.7. The molecule has 0 radical (unpaired) electrons. The minimum Gasteiger partial charge on any atom is -0.390 e. The lowest BCUT2D eigenvalue weighted by Gasteiger charge is -2.58. The molecule has 12 atom stereocenters. The fourth-order valence-corrected chi connectivity index (χ4v) is 14.7. The Balaban J connectivity index is 1.17. The van der Waals surface area contributed by atoms with Crippen molar-refractivity contribution in [1.82, 2.24) is 15.3 Å². The molecule has 12 unspecified atom stereocenters. The number of hydrogen-bond acceptors (Lipinski definition) is 4. The number of nitrogens with zero attached hydrogens (tertiary/aromatic N) is 1. The predicted octanol–water partition coefficient (Wildman–Crippen LogP) is 6.78. The Kier molecular flexibility index (Phi) is 8.66. The van der Waals surface area contributed by atoms with Crippen molar-refractivity contribution in [3.05, 3.63) is 71.7 Å². The van der Waals surface area contributed by atoms with Crippen molar-refractivity contribution in [2.45, 2.75) is 126 Å². The van der Waals surface area contributed by atoms with Gasteiger partial charge in [-0.1, -0.05) is 61.0 Å². The van der Waals surface area contributed by atoms with Gasteiger partial charge in [0, 0.05) is 54.3 Å². The van der Waals surface area contributed by atoms with Crippen LogP contribution in [0.5, 0.6) is 0 Å². The predicted molar refractivity (Wildman–Crippen MR) is 217 cm³/mol. The Hall–Kier alpha value is -3.51. The number of aliphatic imine (C=N–C) groups is 1. The highest BCUT2D eigenvalue weighted by Gasteiger charge is 2.73. The van der Waals surface area contributed by atoms with Crippen molar-refractivity contribution in [1.29, 1.82) is 0 Å². The van der Waals surface area contributed by atoms with E-state index in [1.807, 2.05) is 6.20 Å². The fraction of sp³-hybridized carbons (Fsp3) is 0.638. The van der Waals surface area contributed by atoms with Gasteiger partial charge >= 0.3 is 0 Å². The molecule has 0 saturated heterocycles. The van der Waals surface area contributed by atoms with Crippen LogP contribution in [0.3, 0.4) is 0 Å². The van der Waals surface area contributed by atoms with Gasteiger partial charge in [0.2, 0.25) is 0 Å². The monoisotopic (exact) mass is 743 g/mol. The van der Waals surface area contributed by atoms with E-state index in [0.29, 0.717) is 18.3 Å². The van der Waals surface area contributed by atoms with E-state index < -0.39 is 23.3 Å². The number of aromatic amines is 2. The molecular formula is C47H61N5O3. The second-order valence-corrected chi connectivity index (χ2v) is 19.4. The van der Waals surface area contributed by atoms with E-state index in [0.717, 1.165) is 82.6 Å². The lowest BCUT2D eigenvalue weighted by Crippen LogP contribution is -2.56. The number of nitrogens with one attached hydrogen (secondary N) is 3. The number of para-hydroxylation sites is 1. The maximum atomic E-state index is 13.7. The lowest BCUT2D eigenvalue weighted by atomic mass is 9.46. The Morgan fingerprint density at radius 1 is 0.927 bits per heavy atom. The maximum Gasteiger partial charge on any atom is 0.189 e. The summed E-state index contributed by atoms with van der Waals surface area (Å²) < 4.78 is 0. The Morgan fingerprint density at radius 3 is 2.58 bits per heavy atom. The quantitative estimate of drug-likeness (QED) is 0.0645. The number of nitrogens with two attached hydrogens (primary N) is 1. The van der Waals surface area contributed by atoms with Crippen LogP contribution in [0.1, 0.15) is 101 Å². The van der Waals surface area contributed by atoms with Crippen LogP contribution >= 0.6 is 0 Å². The molecule has 11 rings (SSSR count). The van der Waals surface area contributed by atoms with Crippen molar-refractivity contribution >= 4 is 16.9 Å². The molecule has 8 nitrogen and oxygen atoms in total. The maximum absolute atomic E-state index is 13.7. The largest absolute Gasteiger partial charge is 0.390 e. The number of benzene rings is 1. The van der Waals surface area contributed by atoms with Gasteiger partial charge in [-0.2, -0.15) is 0 Å². The zero-order chi connectivity index (χ0) is 37.6. The van der Waals surface area contributed by atoms with E-state index >= 15 is 0 Å². The first kappa shape index (κ1) is 35.9. The van der Waals surface area contributed by atoms with Crippen molar-refractivity contribution in [3.63, 3.8) is 0 Å². The average molecular weight is 744 g/mol. The molecule has 2 aromatic heterocycles. The molecular weight excluding hydrogens is 683 g/mol. The van der Waals surface area contributed by atoms with Crippen LogP contribution in [0.2, 0.25) is 0 Å². The number of guanidine groups is 1. The highest BCUT2D eigenvalue weighted by atomic mass is 16.3. The summed E-state index contributed by atoms with van der Waals surface area (Å²) in [4.78, 5) is 11.5. The molecule has 2 heterocycles. The second kappa shape index (κ2) is 13.3. The molecule has 6 saturated carbocycles. The number of aliphatic hydroxyl groups is 3. The number of hydrogen-bond donors (Lipinski definition) is 7. The van der Waals surface area contributed by atoms with E-state index in [1.165, 1.54) is 35.2 Å². The van der Waals surface area contributed by atoms with Crippen molar-refractivity contribution < 1.29 is 15.3 Å². The standard InChI is InChI=1S/C47H61N5O3/c1-49-43(48)52-36-15-13-32-25-44(18-17-29(24-44)20-35-11-7-19-50-35)26-34(22-37-21-30-8-5-6-12-40(30)51-37)45(32)27-33-14-16-38(45)42-39(23-41(53)46(42,54)28-36)47(33,55)31-9-3-2-4-10-31/h5-8,11-12,19,21,26,29,31-33,36,38-39,41-42,50-51,53-55H,2-4,9-10,14,16-18,20,22-25,27-28H2,1H3,(H3,48,49,52). The minimum absolute atomic E-state index is 0.0280. The first-order valence-corrected chi connectivity index (χ1v) is 21.7. The SMILES string of the molecule is CN=C(N)NC1C#CC2CC3(C=C(Cc4cc5ccccc5[nH]4)C24CC2CCC4C4C(CC(O)C4(O)C1)C2(O)C1CCCCC1)CCC(Cc1ccc[nH]1)C3. The number of rotatable bonds is 6. The third-order valence-corrected chi connectivity index (χ3v) is 16.8. The van der Waals surface area contributed by atoms with Gasteiger partial charge < -0.3 is 36.3 Å². The summed E-state index contributed by atoms with van der Waals surface area (Å²) in [5.41, 5.74) is 8.84. The van der Waals surface area contributed by atoms with E-state index in [1.54, 1.807) is 7.05 Å². The van der Waals surface area contributed by atoms with Crippen LogP contribution in [0.25, 0.3) is 10.9 Å². The summed E-state index contributed by atoms with van der Waals surface area (Å²) in [5.74, 6) is 8.57. The van der Waals surface area contributed by atoms with Crippen LogP contribution in [-0.2, 0) is 12.8 Å². The highest BCUT2D eigenvalue weighted by molar-refractivity contribution is 5.80. The third kappa shape index (κ3) is 5.61. The number of aromatic nitrogens is 2. The smallest absolute Gasteiger partial charge is 0.189 e. The van der Waals surface area contributed by atoms with Crippen LogP contribution in [0, 0.1) is 64.1 Å². The van der Waals surface area contributed by atoms with Gasteiger partial charge in [0.25, 0.3) is 0 Å². The summed E-state index contributed by atoms with van der Waals surface area (Å²) in [7, 11) is 1.67. The molecule has 2 spiro atoms. The molecule has 3 aromatic rings. The second-order valence-electron chi connectivity index (χ2n) is 19.4. The summed E-state index contributed by atoms with van der Waals surface area (Å²) in [5, 5.41) is 43.8. The van der Waals surface area contributed by atoms with Gasteiger partial charge in [-0.15, -0.1) is 0 Å². The van der Waals surface area contributed by atoms with Gasteiger partial charge in [0.1, 0.15) is 0 Å². The van der Waals surface area contributed by atoms with Crippen LogP contribution in [0.4, 0.5) is 0 Å². The van der Waals surface area contributed by atoms with Gasteiger partial charge in [0.05, 0.1) is 23.3 Å². The van der Waals surface area contributed by atoms with E-state index in [-0.39, 0.29) is 52.8 Å². The molecule has 55 heavy (non-hydrogen) atoms. The van der Waals surface area contributed by atoms with Crippen LogP contribution in [0.15, 0.2) is 65.3 Å². The average Bonchev–Trinajstić information content (AvgIpc) is 3.97. The summed E-state index contributed by atoms with van der Waals surface area (Å²) in [6, 6.07) is 14.8. The molecule has 8 N–H and O–H groups in total. The number of aliphatic hydroxyl groups excluding tert-OH is 1. The third-order valence-electron chi connectivity index (χ3n) is 16.8.